The number of aromatic nitrogens is 2. The molecule has 1 aromatic carbocycles. The van der Waals surface area contributed by atoms with Crippen LogP contribution in [0.3, 0.4) is 0 Å². The van der Waals surface area contributed by atoms with Gasteiger partial charge in [-0.25, -0.2) is 9.37 Å². The van der Waals surface area contributed by atoms with Gasteiger partial charge in [0.1, 0.15) is 22.5 Å². The normalized spacial score (nSPS) is 17.4. The summed E-state index contributed by atoms with van der Waals surface area (Å²) in [5, 5.41) is 0. The van der Waals surface area contributed by atoms with Crippen LogP contribution in [0.4, 0.5) is 4.39 Å². The molecule has 5 nitrogen and oxygen atoms in total. The maximum Gasteiger partial charge on any atom is 0.266 e. The van der Waals surface area contributed by atoms with Gasteiger partial charge in [-0.2, -0.15) is 0 Å². The molecule has 2 aromatic heterocycles. The first-order chi connectivity index (χ1) is 12.7. The van der Waals surface area contributed by atoms with Gasteiger partial charge in [0.05, 0.1) is 17.9 Å². The van der Waals surface area contributed by atoms with Crippen LogP contribution in [0.2, 0.25) is 0 Å². The number of likely N-dealkylation sites (tertiary alicyclic amines) is 1. The molecule has 4 rings (SSSR count). The molecule has 1 atom stereocenters. The summed E-state index contributed by atoms with van der Waals surface area (Å²) in [6.45, 7) is 0.684. The number of hydrogen-bond acceptors (Lipinski definition) is 5. The van der Waals surface area contributed by atoms with E-state index in [1.165, 1.54) is 23.5 Å². The summed E-state index contributed by atoms with van der Waals surface area (Å²) in [6, 6.07) is 6.27. The molecule has 0 spiro atoms. The van der Waals surface area contributed by atoms with Crippen molar-refractivity contribution in [2.24, 2.45) is 0 Å². The van der Waals surface area contributed by atoms with Crippen LogP contribution in [0.1, 0.15) is 52.2 Å². The lowest BCUT2D eigenvalue weighted by Crippen LogP contribution is -2.38. The molecule has 7 heteroatoms. The third kappa shape index (κ3) is 3.53. The SMILES string of the molecule is O=C(c1cncs1)N1CCCC[C@H]1c1ncc(Cc2cccc(F)c2)o1. The number of carbonyl (C=O) groups is 1. The highest BCUT2D eigenvalue weighted by Gasteiger charge is 2.32. The Balaban J connectivity index is 1.54. The molecule has 0 bridgehead atoms. The maximum atomic E-state index is 13.3. The van der Waals surface area contributed by atoms with E-state index in [0.717, 1.165) is 24.8 Å². The van der Waals surface area contributed by atoms with Gasteiger partial charge in [-0.05, 0) is 37.0 Å². The summed E-state index contributed by atoms with van der Waals surface area (Å²) >= 11 is 1.34. The van der Waals surface area contributed by atoms with Crippen molar-refractivity contribution in [1.29, 1.82) is 0 Å². The average Bonchev–Trinajstić information content (AvgIpc) is 3.33. The minimum atomic E-state index is -0.268. The van der Waals surface area contributed by atoms with Crippen molar-refractivity contribution in [3.05, 3.63) is 70.1 Å². The fourth-order valence-corrected chi connectivity index (χ4v) is 3.88. The highest BCUT2D eigenvalue weighted by atomic mass is 32.1. The Kier molecular flexibility index (Phi) is 4.79. The minimum absolute atomic E-state index is 0.0259. The van der Waals surface area contributed by atoms with Crippen LogP contribution in [0.5, 0.6) is 0 Å². The van der Waals surface area contributed by atoms with E-state index in [2.05, 4.69) is 9.97 Å². The Morgan fingerprint density at radius 1 is 1.35 bits per heavy atom. The summed E-state index contributed by atoms with van der Waals surface area (Å²) in [5.74, 6) is 0.924. The van der Waals surface area contributed by atoms with E-state index in [-0.39, 0.29) is 17.8 Å². The Labute approximate surface area is 154 Å². The van der Waals surface area contributed by atoms with E-state index >= 15 is 0 Å². The first kappa shape index (κ1) is 16.9. The van der Waals surface area contributed by atoms with Crippen LogP contribution in [0.15, 0.2) is 46.6 Å². The molecular formula is C19H18FN3O2S. The molecule has 1 saturated heterocycles. The monoisotopic (exact) mass is 371 g/mol. The number of thiazole rings is 1. The first-order valence-electron chi connectivity index (χ1n) is 8.59. The Morgan fingerprint density at radius 3 is 3.08 bits per heavy atom. The van der Waals surface area contributed by atoms with Gasteiger partial charge in [0.15, 0.2) is 0 Å². The summed E-state index contributed by atoms with van der Waals surface area (Å²) in [6.07, 6.45) is 6.56. The second kappa shape index (κ2) is 7.37. The van der Waals surface area contributed by atoms with Gasteiger partial charge >= 0.3 is 0 Å². The zero-order valence-electron chi connectivity index (χ0n) is 14.1. The summed E-state index contributed by atoms with van der Waals surface area (Å²) < 4.78 is 19.3. The fourth-order valence-electron chi connectivity index (χ4n) is 3.30. The van der Waals surface area contributed by atoms with Crippen LogP contribution in [0.25, 0.3) is 0 Å². The second-order valence-electron chi connectivity index (χ2n) is 6.35. The van der Waals surface area contributed by atoms with Gasteiger partial charge in [0, 0.05) is 13.0 Å². The smallest absolute Gasteiger partial charge is 0.266 e. The molecule has 1 aliphatic rings. The molecule has 26 heavy (non-hydrogen) atoms. The van der Waals surface area contributed by atoms with Crippen molar-refractivity contribution < 1.29 is 13.6 Å². The lowest BCUT2D eigenvalue weighted by molar-refractivity contribution is 0.0575. The number of amides is 1. The summed E-state index contributed by atoms with van der Waals surface area (Å²) in [5.41, 5.74) is 2.49. The van der Waals surface area contributed by atoms with Crippen LogP contribution in [-0.2, 0) is 6.42 Å². The van der Waals surface area contributed by atoms with Crippen molar-refractivity contribution in [2.75, 3.05) is 6.54 Å². The summed E-state index contributed by atoms with van der Waals surface area (Å²) in [7, 11) is 0. The zero-order valence-corrected chi connectivity index (χ0v) is 14.9. The van der Waals surface area contributed by atoms with Crippen molar-refractivity contribution in [1.82, 2.24) is 14.9 Å². The predicted molar refractivity (Wildman–Crippen MR) is 95.5 cm³/mol. The maximum absolute atomic E-state index is 13.3. The second-order valence-corrected chi connectivity index (χ2v) is 7.23. The van der Waals surface area contributed by atoms with Crippen molar-refractivity contribution >= 4 is 17.2 Å². The number of carbonyl (C=O) groups excluding carboxylic acids is 1. The first-order valence-corrected chi connectivity index (χ1v) is 9.47. The quantitative estimate of drug-likeness (QED) is 0.689. The predicted octanol–water partition coefficient (Wildman–Crippen LogP) is 4.23. The number of rotatable bonds is 4. The van der Waals surface area contributed by atoms with E-state index in [1.807, 2.05) is 11.0 Å². The van der Waals surface area contributed by atoms with Gasteiger partial charge in [0.25, 0.3) is 5.91 Å². The van der Waals surface area contributed by atoms with E-state index in [9.17, 15) is 9.18 Å². The number of halogens is 1. The minimum Gasteiger partial charge on any atom is -0.443 e. The van der Waals surface area contributed by atoms with Crippen LogP contribution in [-0.4, -0.2) is 27.3 Å². The van der Waals surface area contributed by atoms with Gasteiger partial charge in [-0.1, -0.05) is 12.1 Å². The third-order valence-electron chi connectivity index (χ3n) is 4.53. The molecule has 134 valence electrons. The zero-order chi connectivity index (χ0) is 17.9. The molecule has 1 fully saturated rings. The lowest BCUT2D eigenvalue weighted by atomic mass is 10.0. The standard InChI is InChI=1S/C19H18FN3O2S/c20-14-5-3-4-13(8-14)9-15-10-22-18(25-15)16-6-1-2-7-23(16)19(24)17-11-21-12-26-17/h3-5,8,10-12,16H,1-2,6-7,9H2/t16-/m0/s1. The Hall–Kier alpha value is -2.54. The molecule has 1 amide bonds. The van der Waals surface area contributed by atoms with Gasteiger partial charge in [0.2, 0.25) is 5.89 Å². The Bertz CT molecular complexity index is 894. The molecule has 0 N–H and O–H groups in total. The Morgan fingerprint density at radius 2 is 2.27 bits per heavy atom. The molecule has 0 saturated carbocycles. The average molecular weight is 371 g/mol. The van der Waals surface area contributed by atoms with E-state index in [0.29, 0.717) is 29.5 Å². The molecule has 3 heterocycles. The van der Waals surface area contributed by atoms with Crippen LogP contribution >= 0.6 is 11.3 Å². The third-order valence-corrected chi connectivity index (χ3v) is 5.29. The number of oxazole rings is 1. The number of hydrogen-bond donors (Lipinski definition) is 0. The number of nitrogens with zero attached hydrogens (tertiary/aromatic N) is 3. The van der Waals surface area contributed by atoms with Crippen LogP contribution in [0, 0.1) is 5.82 Å². The largest absolute Gasteiger partial charge is 0.443 e. The highest BCUT2D eigenvalue weighted by Crippen LogP contribution is 2.32. The lowest BCUT2D eigenvalue weighted by Gasteiger charge is -2.33. The molecule has 0 radical (unpaired) electrons. The van der Waals surface area contributed by atoms with Gasteiger partial charge in [-0.3, -0.25) is 9.78 Å². The van der Waals surface area contributed by atoms with E-state index < -0.39 is 0 Å². The number of piperidine rings is 1. The van der Waals surface area contributed by atoms with Crippen molar-refractivity contribution in [3.63, 3.8) is 0 Å². The highest BCUT2D eigenvalue weighted by molar-refractivity contribution is 7.11. The molecule has 3 aromatic rings. The number of benzene rings is 1. The summed E-state index contributed by atoms with van der Waals surface area (Å²) in [4.78, 5) is 23.6. The molecule has 0 unspecified atom stereocenters. The van der Waals surface area contributed by atoms with E-state index in [1.54, 1.807) is 24.0 Å². The van der Waals surface area contributed by atoms with Crippen LogP contribution < -0.4 is 0 Å². The molecule has 1 aliphatic heterocycles. The topological polar surface area (TPSA) is 59.2 Å². The molecular weight excluding hydrogens is 353 g/mol. The van der Waals surface area contributed by atoms with Gasteiger partial charge in [-0.15, -0.1) is 11.3 Å². The van der Waals surface area contributed by atoms with Gasteiger partial charge < -0.3 is 9.32 Å². The van der Waals surface area contributed by atoms with Crippen molar-refractivity contribution in [3.8, 4) is 0 Å². The van der Waals surface area contributed by atoms with Crippen molar-refractivity contribution in [2.45, 2.75) is 31.7 Å². The van der Waals surface area contributed by atoms with E-state index in [4.69, 9.17) is 4.42 Å². The fraction of sp³-hybridized carbons (Fsp3) is 0.316. The molecule has 0 aliphatic carbocycles.